The van der Waals surface area contributed by atoms with Crippen LogP contribution in [0.4, 0.5) is 11.6 Å². The van der Waals surface area contributed by atoms with Crippen LogP contribution in [-0.2, 0) is 0 Å². The first-order valence-corrected chi connectivity index (χ1v) is 6.99. The van der Waals surface area contributed by atoms with Gasteiger partial charge in [-0.1, -0.05) is 6.42 Å². The predicted molar refractivity (Wildman–Crippen MR) is 71.0 cm³/mol. The molecule has 0 aromatic carbocycles. The fourth-order valence-corrected chi connectivity index (χ4v) is 3.08. The molecule has 0 spiro atoms. The minimum Gasteiger partial charge on any atom is -0.338 e. The summed E-state index contributed by atoms with van der Waals surface area (Å²) in [4.78, 5) is 20.8. The van der Waals surface area contributed by atoms with Gasteiger partial charge in [0.25, 0.3) is 0 Å². The Morgan fingerprint density at radius 1 is 1.16 bits per heavy atom. The van der Waals surface area contributed by atoms with E-state index in [0.29, 0.717) is 12.0 Å². The highest BCUT2D eigenvalue weighted by molar-refractivity contribution is 5.36. The molecule has 2 aliphatic rings. The van der Waals surface area contributed by atoms with Crippen LogP contribution < -0.4 is 4.90 Å². The Morgan fingerprint density at radius 3 is 2.47 bits per heavy atom. The monoisotopic (exact) mass is 262 g/mol. The van der Waals surface area contributed by atoms with Gasteiger partial charge in [-0.3, -0.25) is 10.1 Å². The standard InChI is InChI=1S/C13H18N4O2/c18-17(19)11-8-14-13(15-9-11)16-7-2-1-6-12(16)10-4-3-5-10/h8-10,12H,1-7H2. The van der Waals surface area contributed by atoms with E-state index in [1.54, 1.807) is 0 Å². The van der Waals surface area contributed by atoms with Gasteiger partial charge in [0.2, 0.25) is 5.95 Å². The van der Waals surface area contributed by atoms with Gasteiger partial charge in [0.05, 0.1) is 4.92 Å². The zero-order chi connectivity index (χ0) is 13.2. The summed E-state index contributed by atoms with van der Waals surface area (Å²) in [6, 6.07) is 0.531. The lowest BCUT2D eigenvalue weighted by Gasteiger charge is -2.43. The Kier molecular flexibility index (Phi) is 3.31. The number of hydrogen-bond acceptors (Lipinski definition) is 5. The first-order chi connectivity index (χ1) is 9.25. The van der Waals surface area contributed by atoms with Gasteiger partial charge in [-0.05, 0) is 38.0 Å². The number of piperidine rings is 1. The number of aromatic nitrogens is 2. The zero-order valence-corrected chi connectivity index (χ0v) is 10.9. The maximum atomic E-state index is 10.6. The molecule has 1 aliphatic heterocycles. The van der Waals surface area contributed by atoms with Crippen molar-refractivity contribution in [2.45, 2.75) is 44.6 Å². The van der Waals surface area contributed by atoms with Crippen LogP contribution in [0.2, 0.25) is 0 Å². The number of nitrogens with zero attached hydrogens (tertiary/aromatic N) is 4. The topological polar surface area (TPSA) is 72.2 Å². The van der Waals surface area contributed by atoms with E-state index in [2.05, 4.69) is 14.9 Å². The first-order valence-electron chi connectivity index (χ1n) is 6.99. The largest absolute Gasteiger partial charge is 0.338 e. The second kappa shape index (κ2) is 5.11. The molecule has 0 radical (unpaired) electrons. The summed E-state index contributed by atoms with van der Waals surface area (Å²) >= 11 is 0. The SMILES string of the molecule is O=[N+]([O-])c1cnc(N2CCCCC2C2CCC2)nc1. The Balaban J connectivity index is 1.79. The number of rotatable bonds is 3. The summed E-state index contributed by atoms with van der Waals surface area (Å²) in [6.45, 7) is 0.971. The molecule has 6 nitrogen and oxygen atoms in total. The Morgan fingerprint density at radius 2 is 1.89 bits per heavy atom. The maximum Gasteiger partial charge on any atom is 0.305 e. The fourth-order valence-electron chi connectivity index (χ4n) is 3.08. The van der Waals surface area contributed by atoms with Crippen LogP contribution in [0.3, 0.4) is 0 Å². The molecule has 1 aromatic rings. The second-order valence-electron chi connectivity index (χ2n) is 5.45. The highest BCUT2D eigenvalue weighted by Crippen LogP contribution is 2.37. The molecular formula is C13H18N4O2. The van der Waals surface area contributed by atoms with Crippen molar-refractivity contribution in [3.63, 3.8) is 0 Å². The lowest BCUT2D eigenvalue weighted by Crippen LogP contribution is -2.47. The molecular weight excluding hydrogens is 244 g/mol. The van der Waals surface area contributed by atoms with E-state index in [9.17, 15) is 10.1 Å². The van der Waals surface area contributed by atoms with Gasteiger partial charge in [-0.2, -0.15) is 0 Å². The van der Waals surface area contributed by atoms with E-state index in [4.69, 9.17) is 0 Å². The summed E-state index contributed by atoms with van der Waals surface area (Å²) in [5.74, 6) is 1.42. The molecule has 102 valence electrons. The van der Waals surface area contributed by atoms with Crippen molar-refractivity contribution in [3.8, 4) is 0 Å². The fraction of sp³-hybridized carbons (Fsp3) is 0.692. The Hall–Kier alpha value is -1.72. The van der Waals surface area contributed by atoms with Gasteiger partial charge in [0.15, 0.2) is 0 Å². The average molecular weight is 262 g/mol. The van der Waals surface area contributed by atoms with Gasteiger partial charge >= 0.3 is 5.69 Å². The highest BCUT2D eigenvalue weighted by Gasteiger charge is 2.34. The van der Waals surface area contributed by atoms with Crippen molar-refractivity contribution >= 4 is 11.6 Å². The molecule has 1 saturated heterocycles. The van der Waals surface area contributed by atoms with Gasteiger partial charge in [-0.15, -0.1) is 0 Å². The zero-order valence-electron chi connectivity index (χ0n) is 10.9. The molecule has 0 N–H and O–H groups in total. The van der Waals surface area contributed by atoms with Gasteiger partial charge in [-0.25, -0.2) is 9.97 Å². The van der Waals surface area contributed by atoms with Crippen molar-refractivity contribution in [1.82, 2.24) is 9.97 Å². The molecule has 19 heavy (non-hydrogen) atoms. The normalized spacial score (nSPS) is 24.0. The minimum atomic E-state index is -0.455. The molecule has 3 rings (SSSR count). The van der Waals surface area contributed by atoms with Gasteiger partial charge < -0.3 is 4.90 Å². The van der Waals surface area contributed by atoms with E-state index in [1.807, 2.05) is 0 Å². The third kappa shape index (κ3) is 2.39. The third-order valence-corrected chi connectivity index (χ3v) is 4.34. The van der Waals surface area contributed by atoms with Crippen molar-refractivity contribution in [2.75, 3.05) is 11.4 Å². The molecule has 1 aromatic heterocycles. The summed E-state index contributed by atoms with van der Waals surface area (Å²) in [5.41, 5.74) is -0.0408. The highest BCUT2D eigenvalue weighted by atomic mass is 16.6. The first kappa shape index (κ1) is 12.3. The van der Waals surface area contributed by atoms with E-state index in [0.717, 1.165) is 18.9 Å². The number of anilines is 1. The Labute approximate surface area is 112 Å². The maximum absolute atomic E-state index is 10.6. The predicted octanol–water partition coefficient (Wildman–Crippen LogP) is 2.54. The summed E-state index contributed by atoms with van der Waals surface area (Å²) in [5, 5.41) is 10.6. The van der Waals surface area contributed by atoms with Crippen LogP contribution >= 0.6 is 0 Å². The lowest BCUT2D eigenvalue weighted by atomic mass is 9.76. The summed E-state index contributed by atoms with van der Waals surface area (Å²) in [7, 11) is 0. The van der Waals surface area contributed by atoms with Crippen molar-refractivity contribution in [3.05, 3.63) is 22.5 Å². The summed E-state index contributed by atoms with van der Waals surface area (Å²) < 4.78 is 0. The summed E-state index contributed by atoms with van der Waals surface area (Å²) in [6.07, 6.45) is 10.2. The van der Waals surface area contributed by atoms with Crippen LogP contribution in [-0.4, -0.2) is 27.5 Å². The average Bonchev–Trinajstić information content (AvgIpc) is 2.37. The molecule has 1 aliphatic carbocycles. The van der Waals surface area contributed by atoms with E-state index in [-0.39, 0.29) is 5.69 Å². The van der Waals surface area contributed by atoms with E-state index < -0.39 is 4.92 Å². The molecule has 6 heteroatoms. The van der Waals surface area contributed by atoms with Crippen LogP contribution in [0.1, 0.15) is 38.5 Å². The molecule has 0 amide bonds. The van der Waals surface area contributed by atoms with Crippen LogP contribution in [0, 0.1) is 16.0 Å². The van der Waals surface area contributed by atoms with Gasteiger partial charge in [0, 0.05) is 12.6 Å². The molecule has 1 saturated carbocycles. The quantitative estimate of drug-likeness (QED) is 0.618. The van der Waals surface area contributed by atoms with Crippen molar-refractivity contribution < 1.29 is 4.92 Å². The van der Waals surface area contributed by atoms with Crippen LogP contribution in [0.25, 0.3) is 0 Å². The molecule has 1 unspecified atom stereocenters. The Bertz CT molecular complexity index is 458. The third-order valence-electron chi connectivity index (χ3n) is 4.34. The number of hydrogen-bond donors (Lipinski definition) is 0. The molecule has 1 atom stereocenters. The minimum absolute atomic E-state index is 0.0408. The van der Waals surface area contributed by atoms with Gasteiger partial charge in [0.1, 0.15) is 12.4 Å². The number of nitro groups is 1. The van der Waals surface area contributed by atoms with Crippen LogP contribution in [0.5, 0.6) is 0 Å². The molecule has 2 heterocycles. The van der Waals surface area contributed by atoms with E-state index >= 15 is 0 Å². The van der Waals surface area contributed by atoms with Crippen molar-refractivity contribution in [1.29, 1.82) is 0 Å². The van der Waals surface area contributed by atoms with Crippen molar-refractivity contribution in [2.24, 2.45) is 5.92 Å². The smallest absolute Gasteiger partial charge is 0.305 e. The van der Waals surface area contributed by atoms with Crippen LogP contribution in [0.15, 0.2) is 12.4 Å². The molecule has 0 bridgehead atoms. The second-order valence-corrected chi connectivity index (χ2v) is 5.45. The lowest BCUT2D eigenvalue weighted by molar-refractivity contribution is -0.385. The molecule has 2 fully saturated rings. The van der Waals surface area contributed by atoms with E-state index in [1.165, 1.54) is 44.5 Å².